The molecule has 0 saturated carbocycles. The van der Waals surface area contributed by atoms with Crippen molar-refractivity contribution in [3.63, 3.8) is 0 Å². The van der Waals surface area contributed by atoms with Crippen LogP contribution in [0.1, 0.15) is 24.7 Å². The van der Waals surface area contributed by atoms with Crippen molar-refractivity contribution in [2.45, 2.75) is 19.8 Å². The molecule has 1 aromatic heterocycles. The lowest BCUT2D eigenvalue weighted by Gasteiger charge is -2.19. The number of nitriles is 1. The first-order valence-corrected chi connectivity index (χ1v) is 6.79. The quantitative estimate of drug-likeness (QED) is 0.804. The maximum atomic E-state index is 8.96. The van der Waals surface area contributed by atoms with Crippen molar-refractivity contribution < 1.29 is 0 Å². The Labute approximate surface area is 123 Å². The van der Waals surface area contributed by atoms with Gasteiger partial charge in [0.25, 0.3) is 0 Å². The van der Waals surface area contributed by atoms with E-state index in [1.807, 2.05) is 30.1 Å². The summed E-state index contributed by atoms with van der Waals surface area (Å²) < 4.78 is 0. The van der Waals surface area contributed by atoms with Gasteiger partial charge in [0, 0.05) is 25.2 Å². The molecule has 0 aliphatic heterocycles. The normalized spacial score (nSPS) is 10.1. The standard InChI is InChI=1S/C15H15ClN4/c1-3-5-14-18-13(16)9-15(19-14)20(2)12-7-4-6-11(8-12)10-17/h4,6-9H,3,5H2,1-2H3. The molecule has 0 saturated heterocycles. The molecule has 2 aromatic rings. The van der Waals surface area contributed by atoms with E-state index in [-0.39, 0.29) is 0 Å². The van der Waals surface area contributed by atoms with Crippen LogP contribution >= 0.6 is 11.6 Å². The minimum Gasteiger partial charge on any atom is -0.329 e. The second kappa shape index (κ2) is 6.36. The van der Waals surface area contributed by atoms with E-state index in [1.165, 1.54) is 0 Å². The number of aryl methyl sites for hydroxylation is 1. The summed E-state index contributed by atoms with van der Waals surface area (Å²) in [6.07, 6.45) is 1.76. The van der Waals surface area contributed by atoms with Crippen LogP contribution in [0.5, 0.6) is 0 Å². The lowest BCUT2D eigenvalue weighted by Crippen LogP contribution is -2.13. The van der Waals surface area contributed by atoms with Gasteiger partial charge in [0.1, 0.15) is 16.8 Å². The van der Waals surface area contributed by atoms with Crippen molar-refractivity contribution in [2.24, 2.45) is 0 Å². The molecule has 0 bridgehead atoms. The van der Waals surface area contributed by atoms with Gasteiger partial charge in [-0.25, -0.2) is 9.97 Å². The van der Waals surface area contributed by atoms with E-state index >= 15 is 0 Å². The Morgan fingerprint density at radius 3 is 2.80 bits per heavy atom. The Hall–Kier alpha value is -2.12. The first kappa shape index (κ1) is 14.3. The molecule has 0 N–H and O–H groups in total. The highest BCUT2D eigenvalue weighted by atomic mass is 35.5. The van der Waals surface area contributed by atoms with E-state index in [1.54, 1.807) is 12.1 Å². The average Bonchev–Trinajstić information content (AvgIpc) is 2.46. The fourth-order valence-electron chi connectivity index (χ4n) is 1.88. The molecule has 0 unspecified atom stereocenters. The highest BCUT2D eigenvalue weighted by molar-refractivity contribution is 6.29. The number of benzene rings is 1. The number of rotatable bonds is 4. The molecular weight excluding hydrogens is 272 g/mol. The smallest absolute Gasteiger partial charge is 0.137 e. The molecule has 2 rings (SSSR count). The number of aromatic nitrogens is 2. The molecule has 0 aliphatic rings. The summed E-state index contributed by atoms with van der Waals surface area (Å²) in [5.74, 6) is 1.46. The van der Waals surface area contributed by atoms with E-state index in [0.717, 1.165) is 30.2 Å². The van der Waals surface area contributed by atoms with E-state index < -0.39 is 0 Å². The average molecular weight is 287 g/mol. The predicted molar refractivity (Wildman–Crippen MR) is 80.3 cm³/mol. The molecule has 20 heavy (non-hydrogen) atoms. The summed E-state index contributed by atoms with van der Waals surface area (Å²) in [4.78, 5) is 10.6. The number of halogens is 1. The fraction of sp³-hybridized carbons (Fsp3) is 0.267. The van der Waals surface area contributed by atoms with Gasteiger partial charge in [-0.2, -0.15) is 5.26 Å². The Morgan fingerprint density at radius 2 is 2.10 bits per heavy atom. The monoisotopic (exact) mass is 286 g/mol. The molecule has 1 aromatic carbocycles. The fourth-order valence-corrected chi connectivity index (χ4v) is 2.07. The molecular formula is C15H15ClN4. The molecule has 0 radical (unpaired) electrons. The number of hydrogen-bond acceptors (Lipinski definition) is 4. The van der Waals surface area contributed by atoms with E-state index in [0.29, 0.717) is 10.7 Å². The third-order valence-corrected chi connectivity index (χ3v) is 3.10. The second-order valence-corrected chi connectivity index (χ2v) is 4.82. The Morgan fingerprint density at radius 1 is 1.30 bits per heavy atom. The van der Waals surface area contributed by atoms with Crippen molar-refractivity contribution in [1.29, 1.82) is 5.26 Å². The summed E-state index contributed by atoms with van der Waals surface area (Å²) in [7, 11) is 1.89. The van der Waals surface area contributed by atoms with Crippen LogP contribution in [0, 0.1) is 11.3 Å². The first-order chi connectivity index (χ1) is 9.63. The van der Waals surface area contributed by atoms with Gasteiger partial charge < -0.3 is 4.90 Å². The zero-order chi connectivity index (χ0) is 14.5. The summed E-state index contributed by atoms with van der Waals surface area (Å²) in [5, 5.41) is 9.39. The van der Waals surface area contributed by atoms with Crippen LogP contribution in [-0.2, 0) is 6.42 Å². The summed E-state index contributed by atoms with van der Waals surface area (Å²) >= 11 is 6.05. The van der Waals surface area contributed by atoms with Crippen molar-refractivity contribution in [2.75, 3.05) is 11.9 Å². The number of nitrogens with zero attached hydrogens (tertiary/aromatic N) is 4. The summed E-state index contributed by atoms with van der Waals surface area (Å²) in [6, 6.07) is 11.2. The first-order valence-electron chi connectivity index (χ1n) is 6.41. The third kappa shape index (κ3) is 3.25. The Balaban J connectivity index is 2.37. The number of anilines is 2. The lowest BCUT2D eigenvalue weighted by atomic mass is 10.2. The van der Waals surface area contributed by atoms with Gasteiger partial charge in [0.05, 0.1) is 11.6 Å². The predicted octanol–water partition coefficient (Wildman–Crippen LogP) is 3.72. The largest absolute Gasteiger partial charge is 0.329 e. The Bertz CT molecular complexity index is 649. The lowest BCUT2D eigenvalue weighted by molar-refractivity contribution is 0.831. The SMILES string of the molecule is CCCc1nc(Cl)cc(N(C)c2cccc(C#N)c2)n1. The molecule has 0 spiro atoms. The van der Waals surface area contributed by atoms with E-state index in [9.17, 15) is 0 Å². The van der Waals surface area contributed by atoms with E-state index in [4.69, 9.17) is 16.9 Å². The van der Waals surface area contributed by atoms with Crippen LogP contribution in [0.2, 0.25) is 5.15 Å². The maximum Gasteiger partial charge on any atom is 0.137 e. The van der Waals surface area contributed by atoms with Gasteiger partial charge in [-0.3, -0.25) is 0 Å². The van der Waals surface area contributed by atoms with Crippen LogP contribution in [0.4, 0.5) is 11.5 Å². The molecule has 5 heteroatoms. The highest BCUT2D eigenvalue weighted by Crippen LogP contribution is 2.24. The molecule has 4 nitrogen and oxygen atoms in total. The minimum absolute atomic E-state index is 0.432. The molecule has 0 atom stereocenters. The van der Waals surface area contributed by atoms with Crippen molar-refractivity contribution in [1.82, 2.24) is 9.97 Å². The summed E-state index contributed by atoms with van der Waals surface area (Å²) in [5.41, 5.74) is 1.50. The van der Waals surface area contributed by atoms with Gasteiger partial charge in [0.15, 0.2) is 0 Å². The van der Waals surface area contributed by atoms with Crippen molar-refractivity contribution in [3.05, 3.63) is 46.9 Å². The number of hydrogen-bond donors (Lipinski definition) is 0. The van der Waals surface area contributed by atoms with Gasteiger partial charge in [-0.15, -0.1) is 0 Å². The van der Waals surface area contributed by atoms with Crippen LogP contribution < -0.4 is 4.90 Å². The highest BCUT2D eigenvalue weighted by Gasteiger charge is 2.09. The summed E-state index contributed by atoms with van der Waals surface area (Å²) in [6.45, 7) is 2.07. The maximum absolute atomic E-state index is 8.96. The van der Waals surface area contributed by atoms with Crippen LogP contribution in [0.25, 0.3) is 0 Å². The molecule has 1 heterocycles. The van der Waals surface area contributed by atoms with Gasteiger partial charge in [-0.1, -0.05) is 24.6 Å². The van der Waals surface area contributed by atoms with Gasteiger partial charge in [-0.05, 0) is 24.6 Å². The molecule has 0 amide bonds. The van der Waals surface area contributed by atoms with Crippen molar-refractivity contribution in [3.8, 4) is 6.07 Å². The molecule has 102 valence electrons. The second-order valence-electron chi connectivity index (χ2n) is 4.44. The van der Waals surface area contributed by atoms with Crippen LogP contribution in [-0.4, -0.2) is 17.0 Å². The topological polar surface area (TPSA) is 52.8 Å². The van der Waals surface area contributed by atoms with Crippen molar-refractivity contribution >= 4 is 23.1 Å². The minimum atomic E-state index is 0.432. The zero-order valence-electron chi connectivity index (χ0n) is 11.5. The van der Waals surface area contributed by atoms with Crippen LogP contribution in [0.3, 0.4) is 0 Å². The van der Waals surface area contributed by atoms with E-state index in [2.05, 4.69) is 23.0 Å². The molecule has 0 fully saturated rings. The van der Waals surface area contributed by atoms with Gasteiger partial charge >= 0.3 is 0 Å². The van der Waals surface area contributed by atoms with Gasteiger partial charge in [0.2, 0.25) is 0 Å². The molecule has 0 aliphatic carbocycles. The third-order valence-electron chi connectivity index (χ3n) is 2.91. The Kier molecular flexibility index (Phi) is 4.54. The van der Waals surface area contributed by atoms with Crippen LogP contribution in [0.15, 0.2) is 30.3 Å². The zero-order valence-corrected chi connectivity index (χ0v) is 12.2.